The Morgan fingerprint density at radius 3 is 3.00 bits per heavy atom. The quantitative estimate of drug-likeness (QED) is 0.755. The molecule has 2 N–H and O–H groups in total. The first-order valence-electron chi connectivity index (χ1n) is 5.36. The summed E-state index contributed by atoms with van der Waals surface area (Å²) in [4.78, 5) is 12.6. The second-order valence-electron chi connectivity index (χ2n) is 3.61. The van der Waals surface area contributed by atoms with Crippen molar-refractivity contribution < 1.29 is 9.53 Å². The molecular formula is C11H17BrN2O2S. The van der Waals surface area contributed by atoms with E-state index in [1.54, 1.807) is 18.4 Å². The zero-order valence-electron chi connectivity index (χ0n) is 9.96. The molecule has 1 amide bonds. The second kappa shape index (κ2) is 7.81. The van der Waals surface area contributed by atoms with Crippen LogP contribution in [0.5, 0.6) is 0 Å². The number of hydrogen-bond acceptors (Lipinski definition) is 4. The van der Waals surface area contributed by atoms with E-state index in [1.165, 1.54) is 4.88 Å². The van der Waals surface area contributed by atoms with Crippen molar-refractivity contribution in [2.45, 2.75) is 13.0 Å². The molecule has 0 saturated carbocycles. The van der Waals surface area contributed by atoms with Crippen LogP contribution in [0.2, 0.25) is 0 Å². The number of hydrogen-bond donors (Lipinski definition) is 2. The van der Waals surface area contributed by atoms with Crippen molar-refractivity contribution in [2.24, 2.45) is 0 Å². The lowest BCUT2D eigenvalue weighted by Gasteiger charge is -2.11. The number of halogens is 1. The third kappa shape index (κ3) is 5.63. The van der Waals surface area contributed by atoms with E-state index in [2.05, 4.69) is 32.6 Å². The Bertz CT molecular complexity index is 357. The predicted molar refractivity (Wildman–Crippen MR) is 73.3 cm³/mol. The molecule has 0 aliphatic heterocycles. The number of rotatable bonds is 7. The van der Waals surface area contributed by atoms with Crippen LogP contribution in [0.1, 0.15) is 17.8 Å². The molecule has 1 heterocycles. The van der Waals surface area contributed by atoms with E-state index in [1.807, 2.05) is 12.3 Å². The Kier molecular flexibility index (Phi) is 6.72. The van der Waals surface area contributed by atoms with Crippen molar-refractivity contribution in [1.29, 1.82) is 0 Å². The molecule has 4 nitrogen and oxygen atoms in total. The number of methoxy groups -OCH3 is 1. The minimum Gasteiger partial charge on any atom is -0.383 e. The normalized spacial score (nSPS) is 12.4. The molecule has 1 unspecified atom stereocenters. The lowest BCUT2D eigenvalue weighted by Crippen LogP contribution is -2.36. The van der Waals surface area contributed by atoms with Gasteiger partial charge in [0, 0.05) is 34.4 Å². The number of carbonyl (C=O) groups excluding carboxylic acids is 1. The van der Waals surface area contributed by atoms with Crippen molar-refractivity contribution >= 4 is 33.2 Å². The highest BCUT2D eigenvalue weighted by atomic mass is 79.9. The van der Waals surface area contributed by atoms with Gasteiger partial charge in [0.2, 0.25) is 5.91 Å². The van der Waals surface area contributed by atoms with E-state index in [9.17, 15) is 4.79 Å². The van der Waals surface area contributed by atoms with E-state index in [-0.39, 0.29) is 11.9 Å². The highest BCUT2D eigenvalue weighted by Crippen LogP contribution is 2.24. The molecule has 0 aliphatic rings. The van der Waals surface area contributed by atoms with Gasteiger partial charge in [0.05, 0.1) is 13.2 Å². The van der Waals surface area contributed by atoms with Gasteiger partial charge in [-0.15, -0.1) is 11.3 Å². The molecule has 0 aliphatic carbocycles. The number of amides is 1. The van der Waals surface area contributed by atoms with Gasteiger partial charge in [0.25, 0.3) is 0 Å². The fourth-order valence-corrected chi connectivity index (χ4v) is 2.73. The van der Waals surface area contributed by atoms with Gasteiger partial charge in [-0.3, -0.25) is 4.79 Å². The van der Waals surface area contributed by atoms with Crippen LogP contribution >= 0.6 is 27.3 Å². The summed E-state index contributed by atoms with van der Waals surface area (Å²) in [6.07, 6.45) is 0. The topological polar surface area (TPSA) is 50.4 Å². The highest BCUT2D eigenvalue weighted by Gasteiger charge is 2.09. The summed E-state index contributed by atoms with van der Waals surface area (Å²) < 4.78 is 5.93. The van der Waals surface area contributed by atoms with E-state index in [4.69, 9.17) is 4.74 Å². The Morgan fingerprint density at radius 2 is 2.41 bits per heavy atom. The number of nitrogens with one attached hydrogen (secondary N) is 2. The molecule has 96 valence electrons. The summed E-state index contributed by atoms with van der Waals surface area (Å²) in [5.41, 5.74) is 0. The monoisotopic (exact) mass is 320 g/mol. The number of ether oxygens (including phenoxy) is 1. The van der Waals surface area contributed by atoms with Gasteiger partial charge in [-0.2, -0.15) is 0 Å². The fraction of sp³-hybridized carbons (Fsp3) is 0.545. The third-order valence-electron chi connectivity index (χ3n) is 2.21. The Hall–Kier alpha value is -0.430. The lowest BCUT2D eigenvalue weighted by molar-refractivity contribution is -0.120. The third-order valence-corrected chi connectivity index (χ3v) is 4.09. The maximum atomic E-state index is 11.4. The summed E-state index contributed by atoms with van der Waals surface area (Å²) in [5, 5.41) is 7.97. The average Bonchev–Trinajstić information content (AvgIpc) is 2.73. The molecule has 1 aromatic rings. The minimum absolute atomic E-state index is 0.00970. The number of thiophene rings is 1. The van der Waals surface area contributed by atoms with Crippen LogP contribution in [-0.2, 0) is 9.53 Å². The van der Waals surface area contributed by atoms with Crippen LogP contribution in [0.25, 0.3) is 0 Å². The summed E-state index contributed by atoms with van der Waals surface area (Å²) in [6.45, 7) is 3.45. The van der Waals surface area contributed by atoms with E-state index in [0.29, 0.717) is 19.7 Å². The standard InChI is InChI=1S/C11H17BrN2O2S/c1-8(10-5-9(12)7-17-10)14-6-11(15)13-3-4-16-2/h5,7-8,14H,3-4,6H2,1-2H3,(H,13,15). The Labute approximate surface area is 114 Å². The molecule has 1 atom stereocenters. The van der Waals surface area contributed by atoms with Gasteiger partial charge in [0.1, 0.15) is 0 Å². The molecule has 0 bridgehead atoms. The van der Waals surface area contributed by atoms with Crippen LogP contribution in [0.15, 0.2) is 15.9 Å². The minimum atomic E-state index is -0.00970. The molecule has 1 rings (SSSR count). The van der Waals surface area contributed by atoms with Gasteiger partial charge < -0.3 is 15.4 Å². The summed E-state index contributed by atoms with van der Waals surface area (Å²) in [7, 11) is 1.61. The van der Waals surface area contributed by atoms with Crippen molar-refractivity contribution in [3.05, 3.63) is 20.8 Å². The van der Waals surface area contributed by atoms with Gasteiger partial charge >= 0.3 is 0 Å². The first-order chi connectivity index (χ1) is 8.13. The average molecular weight is 321 g/mol. The second-order valence-corrected chi connectivity index (χ2v) is 5.47. The molecular weight excluding hydrogens is 304 g/mol. The van der Waals surface area contributed by atoms with Crippen LogP contribution in [0.4, 0.5) is 0 Å². The zero-order chi connectivity index (χ0) is 12.7. The Balaban J connectivity index is 2.23. The zero-order valence-corrected chi connectivity index (χ0v) is 12.4. The molecule has 6 heteroatoms. The molecule has 17 heavy (non-hydrogen) atoms. The number of carbonyl (C=O) groups is 1. The molecule has 0 aromatic carbocycles. The van der Waals surface area contributed by atoms with Gasteiger partial charge in [0.15, 0.2) is 0 Å². The lowest BCUT2D eigenvalue weighted by atomic mass is 10.3. The van der Waals surface area contributed by atoms with Crippen LogP contribution < -0.4 is 10.6 Å². The largest absolute Gasteiger partial charge is 0.383 e. The predicted octanol–water partition coefficient (Wildman–Crippen LogP) is 1.92. The van der Waals surface area contributed by atoms with Crippen LogP contribution in [-0.4, -0.2) is 32.7 Å². The molecule has 0 spiro atoms. The first-order valence-corrected chi connectivity index (χ1v) is 7.03. The van der Waals surface area contributed by atoms with Gasteiger partial charge in [-0.1, -0.05) is 0 Å². The van der Waals surface area contributed by atoms with Crippen molar-refractivity contribution in [1.82, 2.24) is 10.6 Å². The maximum absolute atomic E-state index is 11.4. The highest BCUT2D eigenvalue weighted by molar-refractivity contribution is 9.10. The van der Waals surface area contributed by atoms with E-state index >= 15 is 0 Å². The van der Waals surface area contributed by atoms with Crippen molar-refractivity contribution in [3.63, 3.8) is 0 Å². The first kappa shape index (κ1) is 14.6. The SMILES string of the molecule is COCCNC(=O)CNC(C)c1cc(Br)cs1. The maximum Gasteiger partial charge on any atom is 0.234 e. The smallest absolute Gasteiger partial charge is 0.234 e. The summed E-state index contributed by atoms with van der Waals surface area (Å²) in [5.74, 6) is -0.00970. The van der Waals surface area contributed by atoms with Crippen LogP contribution in [0.3, 0.4) is 0 Å². The summed E-state index contributed by atoms with van der Waals surface area (Å²) in [6, 6.07) is 2.24. The summed E-state index contributed by atoms with van der Waals surface area (Å²) >= 11 is 5.08. The van der Waals surface area contributed by atoms with E-state index < -0.39 is 0 Å². The molecule has 0 saturated heterocycles. The van der Waals surface area contributed by atoms with E-state index in [0.717, 1.165) is 4.47 Å². The fourth-order valence-electron chi connectivity index (χ4n) is 1.26. The van der Waals surface area contributed by atoms with Crippen molar-refractivity contribution in [3.8, 4) is 0 Å². The molecule has 1 aromatic heterocycles. The molecule has 0 fully saturated rings. The Morgan fingerprint density at radius 1 is 1.65 bits per heavy atom. The van der Waals surface area contributed by atoms with Crippen LogP contribution in [0, 0.1) is 0 Å². The van der Waals surface area contributed by atoms with Gasteiger partial charge in [-0.05, 0) is 28.9 Å². The molecule has 0 radical (unpaired) electrons. The van der Waals surface area contributed by atoms with Gasteiger partial charge in [-0.25, -0.2) is 0 Å². The van der Waals surface area contributed by atoms with Crippen molar-refractivity contribution in [2.75, 3.05) is 26.8 Å².